The van der Waals surface area contributed by atoms with Gasteiger partial charge < -0.3 is 10.4 Å². The molecule has 2 rings (SSSR count). The zero-order valence-corrected chi connectivity index (χ0v) is 10.1. The zero-order valence-electron chi connectivity index (χ0n) is 9.32. The number of hydrogen-bond acceptors (Lipinski definition) is 3. The molecule has 1 aromatic carbocycles. The van der Waals surface area contributed by atoms with Crippen LogP contribution in [0.1, 0.15) is 11.6 Å². The molecular weight excluding hydrogens is 256 g/mol. The molecule has 1 amide bonds. The van der Waals surface area contributed by atoms with Crippen molar-refractivity contribution in [3.63, 3.8) is 0 Å². The van der Waals surface area contributed by atoms with Crippen LogP contribution in [0.25, 0.3) is 0 Å². The minimum absolute atomic E-state index is 0.281. The van der Waals surface area contributed by atoms with Gasteiger partial charge in [-0.05, 0) is 11.6 Å². The van der Waals surface area contributed by atoms with E-state index in [9.17, 15) is 4.79 Å². The number of amides is 1. The van der Waals surface area contributed by atoms with Crippen molar-refractivity contribution in [2.24, 2.45) is 0 Å². The van der Waals surface area contributed by atoms with Crippen molar-refractivity contribution >= 4 is 17.7 Å². The van der Waals surface area contributed by atoms with Crippen LogP contribution in [0.3, 0.4) is 0 Å². The summed E-state index contributed by atoms with van der Waals surface area (Å²) in [6.45, 7) is 0.281. The van der Waals surface area contributed by atoms with Crippen LogP contribution in [-0.4, -0.2) is 26.2 Å². The summed E-state index contributed by atoms with van der Waals surface area (Å²) in [5.41, 5.74) is 0.693. The Hall–Kier alpha value is -2.08. The number of carbonyl (C=O) groups is 1. The fourth-order valence-electron chi connectivity index (χ4n) is 1.63. The van der Waals surface area contributed by atoms with Crippen LogP contribution >= 0.6 is 11.6 Å². The molecule has 0 saturated heterocycles. The Labute approximate surface area is 108 Å². The van der Waals surface area contributed by atoms with Crippen LogP contribution in [0.4, 0.5) is 4.79 Å². The van der Waals surface area contributed by atoms with Crippen molar-refractivity contribution in [3.05, 3.63) is 47.2 Å². The number of halogens is 1. The van der Waals surface area contributed by atoms with E-state index in [1.165, 1.54) is 17.2 Å². The maximum absolute atomic E-state index is 10.8. The second-order valence-corrected chi connectivity index (χ2v) is 4.01. The molecule has 0 saturated carbocycles. The molecule has 1 unspecified atom stereocenters. The number of nitrogens with one attached hydrogen (secondary N) is 1. The highest BCUT2D eigenvalue weighted by atomic mass is 35.5. The molecule has 0 radical (unpaired) electrons. The highest BCUT2D eigenvalue weighted by molar-refractivity contribution is 6.31. The van der Waals surface area contributed by atoms with E-state index in [-0.39, 0.29) is 6.54 Å². The maximum atomic E-state index is 10.8. The Balaban J connectivity index is 2.25. The van der Waals surface area contributed by atoms with Crippen LogP contribution in [0.2, 0.25) is 5.02 Å². The van der Waals surface area contributed by atoms with Crippen molar-refractivity contribution in [2.45, 2.75) is 12.6 Å². The monoisotopic (exact) mass is 266 g/mol. The van der Waals surface area contributed by atoms with Gasteiger partial charge in [-0.25, -0.2) is 4.79 Å². The fraction of sp³-hybridized carbons (Fsp3) is 0.182. The first-order valence-corrected chi connectivity index (χ1v) is 5.62. The first kappa shape index (κ1) is 12.4. The lowest BCUT2D eigenvalue weighted by Crippen LogP contribution is -2.30. The lowest BCUT2D eigenvalue weighted by Gasteiger charge is -2.17. The predicted octanol–water partition coefficient (Wildman–Crippen LogP) is 1.94. The molecular formula is C11H11ClN4O2. The quantitative estimate of drug-likeness (QED) is 0.886. The summed E-state index contributed by atoms with van der Waals surface area (Å²) in [6.07, 6.45) is 1.95. The van der Waals surface area contributed by atoms with E-state index in [1.807, 2.05) is 0 Å². The van der Waals surface area contributed by atoms with Crippen LogP contribution in [0, 0.1) is 0 Å². The third-order valence-electron chi connectivity index (χ3n) is 2.39. The molecule has 1 atom stereocenters. The molecule has 18 heavy (non-hydrogen) atoms. The number of nitrogens with zero attached hydrogens (tertiary/aromatic N) is 3. The topological polar surface area (TPSA) is 80.0 Å². The molecule has 1 aromatic heterocycles. The van der Waals surface area contributed by atoms with Crippen LogP contribution in [0.5, 0.6) is 0 Å². The Morgan fingerprint density at radius 1 is 1.39 bits per heavy atom. The SMILES string of the molecule is O=C(O)NC(Cn1nccn1)c1ccccc1Cl. The number of benzene rings is 1. The average Bonchev–Trinajstić information content (AvgIpc) is 2.81. The van der Waals surface area contributed by atoms with Gasteiger partial charge in [0.1, 0.15) is 0 Å². The van der Waals surface area contributed by atoms with E-state index in [1.54, 1.807) is 24.3 Å². The molecule has 0 aliphatic heterocycles. The maximum Gasteiger partial charge on any atom is 0.405 e. The van der Waals surface area contributed by atoms with Crippen molar-refractivity contribution in [1.29, 1.82) is 0 Å². The molecule has 0 spiro atoms. The third-order valence-corrected chi connectivity index (χ3v) is 2.74. The molecule has 1 heterocycles. The van der Waals surface area contributed by atoms with Gasteiger partial charge in [-0.2, -0.15) is 15.0 Å². The third kappa shape index (κ3) is 2.98. The van der Waals surface area contributed by atoms with Gasteiger partial charge in [0.25, 0.3) is 0 Å². The van der Waals surface area contributed by atoms with Gasteiger partial charge in [-0.1, -0.05) is 29.8 Å². The number of rotatable bonds is 4. The van der Waals surface area contributed by atoms with Gasteiger partial charge in [-0.3, -0.25) is 0 Å². The Bertz CT molecular complexity index is 530. The molecule has 0 fully saturated rings. The Morgan fingerprint density at radius 2 is 2.06 bits per heavy atom. The van der Waals surface area contributed by atoms with E-state index in [2.05, 4.69) is 15.5 Å². The highest BCUT2D eigenvalue weighted by Crippen LogP contribution is 2.23. The van der Waals surface area contributed by atoms with E-state index < -0.39 is 12.1 Å². The molecule has 2 aromatic rings. The Morgan fingerprint density at radius 3 is 2.67 bits per heavy atom. The summed E-state index contributed by atoms with van der Waals surface area (Å²) in [7, 11) is 0. The summed E-state index contributed by atoms with van der Waals surface area (Å²) in [4.78, 5) is 12.2. The van der Waals surface area contributed by atoms with Crippen molar-refractivity contribution in [3.8, 4) is 0 Å². The minimum Gasteiger partial charge on any atom is -0.465 e. The van der Waals surface area contributed by atoms with Crippen molar-refractivity contribution < 1.29 is 9.90 Å². The molecule has 2 N–H and O–H groups in total. The number of carboxylic acid groups (broad SMARTS) is 1. The number of hydrogen-bond donors (Lipinski definition) is 2. The van der Waals surface area contributed by atoms with Gasteiger partial charge >= 0.3 is 6.09 Å². The molecule has 7 heteroatoms. The molecule has 94 valence electrons. The Kier molecular flexibility index (Phi) is 3.78. The molecule has 0 aliphatic rings. The predicted molar refractivity (Wildman–Crippen MR) is 65.4 cm³/mol. The normalized spacial score (nSPS) is 12.1. The smallest absolute Gasteiger partial charge is 0.405 e. The molecule has 6 nitrogen and oxygen atoms in total. The summed E-state index contributed by atoms with van der Waals surface area (Å²) in [5, 5.41) is 19.7. The molecule has 0 aliphatic carbocycles. The van der Waals surface area contributed by atoms with E-state index in [0.29, 0.717) is 10.6 Å². The van der Waals surface area contributed by atoms with Gasteiger partial charge in [0.15, 0.2) is 0 Å². The first-order valence-electron chi connectivity index (χ1n) is 5.25. The van der Waals surface area contributed by atoms with E-state index in [4.69, 9.17) is 16.7 Å². The summed E-state index contributed by atoms with van der Waals surface area (Å²) in [6, 6.07) is 6.57. The second kappa shape index (κ2) is 5.50. The van der Waals surface area contributed by atoms with Gasteiger partial charge in [-0.15, -0.1) is 0 Å². The average molecular weight is 267 g/mol. The van der Waals surface area contributed by atoms with Crippen LogP contribution < -0.4 is 5.32 Å². The van der Waals surface area contributed by atoms with Crippen molar-refractivity contribution in [2.75, 3.05) is 0 Å². The van der Waals surface area contributed by atoms with Crippen LogP contribution in [-0.2, 0) is 6.54 Å². The lowest BCUT2D eigenvalue weighted by molar-refractivity contribution is 0.187. The summed E-state index contributed by atoms with van der Waals surface area (Å²) < 4.78 is 0. The summed E-state index contributed by atoms with van der Waals surface area (Å²) >= 11 is 6.06. The standard InChI is InChI=1S/C11H11ClN4O2/c12-9-4-2-1-3-8(9)10(15-11(17)18)7-16-13-5-6-14-16/h1-6,10,15H,7H2,(H,17,18). The van der Waals surface area contributed by atoms with Gasteiger partial charge in [0.2, 0.25) is 0 Å². The minimum atomic E-state index is -1.12. The molecule has 0 bridgehead atoms. The van der Waals surface area contributed by atoms with Crippen molar-refractivity contribution in [1.82, 2.24) is 20.3 Å². The summed E-state index contributed by atoms with van der Waals surface area (Å²) in [5.74, 6) is 0. The fourth-order valence-corrected chi connectivity index (χ4v) is 1.90. The van der Waals surface area contributed by atoms with Gasteiger partial charge in [0, 0.05) is 5.02 Å². The second-order valence-electron chi connectivity index (χ2n) is 3.61. The highest BCUT2D eigenvalue weighted by Gasteiger charge is 2.17. The first-order chi connectivity index (χ1) is 8.66. The number of aromatic nitrogens is 3. The largest absolute Gasteiger partial charge is 0.465 e. The lowest BCUT2D eigenvalue weighted by atomic mass is 10.1. The van der Waals surface area contributed by atoms with E-state index in [0.717, 1.165) is 0 Å². The van der Waals surface area contributed by atoms with Crippen LogP contribution in [0.15, 0.2) is 36.7 Å². The zero-order chi connectivity index (χ0) is 13.0. The van der Waals surface area contributed by atoms with E-state index >= 15 is 0 Å². The van der Waals surface area contributed by atoms with Gasteiger partial charge in [0.05, 0.1) is 25.0 Å².